The smallest absolute Gasteiger partial charge is 0.153 e. The molecule has 0 radical (unpaired) electrons. The Balaban J connectivity index is -0.000000295. The SMILES string of the molecule is CC=CC=NNC(=S)SC.CC=CC=NNC(=S)SC.[Ni]. The van der Waals surface area contributed by atoms with Gasteiger partial charge in [-0.2, -0.15) is 10.2 Å². The fraction of sp³-hybridized carbons (Fsp3) is 0.333. The minimum Gasteiger partial charge on any atom is -0.262 e. The summed E-state index contributed by atoms with van der Waals surface area (Å²) in [6, 6.07) is 0. The van der Waals surface area contributed by atoms with Gasteiger partial charge in [0.15, 0.2) is 8.64 Å². The monoisotopic (exact) mass is 406 g/mol. The maximum absolute atomic E-state index is 4.82. The predicted molar refractivity (Wildman–Crippen MR) is 105 cm³/mol. The zero-order valence-electron chi connectivity index (χ0n) is 12.3. The molecule has 0 aromatic rings. The summed E-state index contributed by atoms with van der Waals surface area (Å²) in [5.41, 5.74) is 5.36. The third-order valence-corrected chi connectivity index (χ3v) is 3.50. The van der Waals surface area contributed by atoms with Crippen LogP contribution in [0.4, 0.5) is 0 Å². The van der Waals surface area contributed by atoms with Crippen molar-refractivity contribution in [3.05, 3.63) is 24.3 Å². The van der Waals surface area contributed by atoms with Crippen LogP contribution in [0, 0.1) is 0 Å². The van der Waals surface area contributed by atoms with Crippen molar-refractivity contribution in [3.8, 4) is 0 Å². The second kappa shape index (κ2) is 22.1. The third-order valence-electron chi connectivity index (χ3n) is 1.39. The maximum atomic E-state index is 4.82. The molecule has 0 aliphatic rings. The average molecular weight is 407 g/mol. The standard InChI is InChI=1S/2C6H10N2S2.Ni/c2*1-3-4-5-7-8-6(9)10-2;/h2*3-5H,1-2H3,(H,8,9);. The predicted octanol–water partition coefficient (Wildman–Crippen LogP) is 3.57. The van der Waals surface area contributed by atoms with E-state index in [-0.39, 0.29) is 16.5 Å². The molecule has 0 fully saturated rings. The van der Waals surface area contributed by atoms with Gasteiger partial charge in [-0.3, -0.25) is 10.9 Å². The third kappa shape index (κ3) is 25.1. The van der Waals surface area contributed by atoms with E-state index in [1.807, 2.05) is 50.7 Å². The Kier molecular flexibility index (Phi) is 27.1. The zero-order valence-corrected chi connectivity index (χ0v) is 16.6. The number of hydrazone groups is 2. The van der Waals surface area contributed by atoms with Crippen LogP contribution in [0.3, 0.4) is 0 Å². The van der Waals surface area contributed by atoms with Crippen LogP contribution in [0.1, 0.15) is 13.8 Å². The fourth-order valence-corrected chi connectivity index (χ4v) is 0.923. The van der Waals surface area contributed by atoms with Crippen LogP contribution in [0.15, 0.2) is 34.5 Å². The second-order valence-corrected chi connectivity index (χ2v) is 5.78. The van der Waals surface area contributed by atoms with E-state index in [1.54, 1.807) is 12.4 Å². The van der Waals surface area contributed by atoms with Crippen LogP contribution in [0.5, 0.6) is 0 Å². The number of rotatable bonds is 4. The molecule has 0 atom stereocenters. The van der Waals surface area contributed by atoms with Crippen LogP contribution >= 0.6 is 48.0 Å². The number of nitrogens with zero attached hydrogens (tertiary/aromatic N) is 2. The Morgan fingerprint density at radius 3 is 1.43 bits per heavy atom. The van der Waals surface area contributed by atoms with Crippen LogP contribution in [-0.2, 0) is 16.5 Å². The Morgan fingerprint density at radius 2 is 1.19 bits per heavy atom. The van der Waals surface area contributed by atoms with E-state index >= 15 is 0 Å². The van der Waals surface area contributed by atoms with Gasteiger partial charge in [0.1, 0.15) is 0 Å². The minimum atomic E-state index is 0. The van der Waals surface area contributed by atoms with E-state index in [0.29, 0.717) is 8.64 Å². The van der Waals surface area contributed by atoms with Crippen molar-refractivity contribution < 1.29 is 16.5 Å². The summed E-state index contributed by atoms with van der Waals surface area (Å²) < 4.78 is 1.36. The molecule has 9 heteroatoms. The van der Waals surface area contributed by atoms with E-state index in [0.717, 1.165) is 0 Å². The van der Waals surface area contributed by atoms with Gasteiger partial charge in [-0.15, -0.1) is 0 Å². The van der Waals surface area contributed by atoms with Crippen LogP contribution < -0.4 is 10.9 Å². The van der Waals surface area contributed by atoms with Crippen molar-refractivity contribution in [2.75, 3.05) is 12.5 Å². The van der Waals surface area contributed by atoms with Gasteiger partial charge in [0.2, 0.25) is 0 Å². The minimum absolute atomic E-state index is 0. The number of nitrogens with one attached hydrogen (secondary N) is 2. The summed E-state index contributed by atoms with van der Waals surface area (Å²) in [6.45, 7) is 3.86. The quantitative estimate of drug-likeness (QED) is 0.322. The number of hydrogen-bond acceptors (Lipinski definition) is 6. The maximum Gasteiger partial charge on any atom is 0.153 e. The van der Waals surface area contributed by atoms with E-state index in [1.165, 1.54) is 23.5 Å². The molecule has 4 nitrogen and oxygen atoms in total. The van der Waals surface area contributed by atoms with E-state index in [9.17, 15) is 0 Å². The Morgan fingerprint density at radius 1 is 0.857 bits per heavy atom. The van der Waals surface area contributed by atoms with Gasteiger partial charge in [-0.05, 0) is 38.5 Å². The molecule has 0 spiro atoms. The summed E-state index contributed by atoms with van der Waals surface area (Å²) in [5, 5.41) is 7.62. The molecule has 0 saturated carbocycles. The molecular weight excluding hydrogens is 387 g/mol. The van der Waals surface area contributed by atoms with Crippen molar-refractivity contribution in [2.45, 2.75) is 13.8 Å². The number of hydrogen-bond donors (Lipinski definition) is 2. The molecule has 2 N–H and O–H groups in total. The van der Waals surface area contributed by atoms with Gasteiger partial charge >= 0.3 is 0 Å². The molecule has 0 aliphatic heterocycles. The Bertz CT molecular complexity index is 345. The van der Waals surface area contributed by atoms with Crippen molar-refractivity contribution in [3.63, 3.8) is 0 Å². The zero-order chi connectivity index (χ0) is 15.6. The normalized spacial score (nSPS) is 10.5. The fourth-order valence-electron chi connectivity index (χ4n) is 0.529. The van der Waals surface area contributed by atoms with Gasteiger partial charge in [-0.1, -0.05) is 60.1 Å². The first-order chi connectivity index (χ1) is 9.62. The number of thioether (sulfide) groups is 2. The van der Waals surface area contributed by atoms with Crippen molar-refractivity contribution in [2.24, 2.45) is 10.2 Å². The molecule has 0 aliphatic carbocycles. The molecule has 0 amide bonds. The topological polar surface area (TPSA) is 48.8 Å². The second-order valence-electron chi connectivity index (χ2n) is 2.81. The molecule has 0 aromatic heterocycles. The summed E-state index contributed by atoms with van der Waals surface area (Å²) in [7, 11) is 0. The summed E-state index contributed by atoms with van der Waals surface area (Å²) >= 11 is 12.6. The van der Waals surface area contributed by atoms with Crippen molar-refractivity contribution >= 4 is 69.0 Å². The van der Waals surface area contributed by atoms with Gasteiger partial charge in [0.05, 0.1) is 0 Å². The Hall–Kier alpha value is -0.206. The first kappa shape index (κ1) is 25.7. The first-order valence-electron chi connectivity index (χ1n) is 5.58. The molecule has 0 rings (SSSR count). The molecule has 0 unspecified atom stereocenters. The summed E-state index contributed by atoms with van der Waals surface area (Å²) in [5.74, 6) is 0. The van der Waals surface area contributed by atoms with Gasteiger partial charge in [-0.25, -0.2) is 0 Å². The first-order valence-corrected chi connectivity index (χ1v) is 8.85. The van der Waals surface area contributed by atoms with Gasteiger partial charge in [0.25, 0.3) is 0 Å². The average Bonchev–Trinajstić information content (AvgIpc) is 2.48. The molecule has 0 bridgehead atoms. The van der Waals surface area contributed by atoms with E-state index < -0.39 is 0 Å². The molecule has 0 saturated heterocycles. The van der Waals surface area contributed by atoms with Crippen molar-refractivity contribution in [1.82, 2.24) is 10.9 Å². The molecule has 0 heterocycles. The largest absolute Gasteiger partial charge is 0.262 e. The molecule has 21 heavy (non-hydrogen) atoms. The summed E-state index contributed by atoms with van der Waals surface area (Å²) in [4.78, 5) is 0. The molecule has 122 valence electrons. The van der Waals surface area contributed by atoms with E-state index in [2.05, 4.69) is 21.1 Å². The number of thiocarbonyl (C=S) groups is 2. The Labute approximate surface area is 156 Å². The molecule has 0 aromatic carbocycles. The van der Waals surface area contributed by atoms with E-state index in [4.69, 9.17) is 24.4 Å². The van der Waals surface area contributed by atoms with Gasteiger partial charge in [0, 0.05) is 28.9 Å². The van der Waals surface area contributed by atoms with Crippen LogP contribution in [0.2, 0.25) is 0 Å². The molecular formula is C12H20N4NiS4. The van der Waals surface area contributed by atoms with Crippen molar-refractivity contribution in [1.29, 1.82) is 0 Å². The van der Waals surface area contributed by atoms with Crippen LogP contribution in [-0.4, -0.2) is 33.6 Å². The van der Waals surface area contributed by atoms with Crippen LogP contribution in [0.25, 0.3) is 0 Å². The summed E-state index contributed by atoms with van der Waals surface area (Å²) in [6.07, 6.45) is 14.6. The van der Waals surface area contributed by atoms with Gasteiger partial charge < -0.3 is 0 Å². The number of allylic oxidation sites excluding steroid dienone is 4.